The Morgan fingerprint density at radius 1 is 0.935 bits per heavy atom. The largest absolute Gasteiger partial charge is 0.463 e. The Morgan fingerprint density at radius 3 is 2.45 bits per heavy atom. The van der Waals surface area contributed by atoms with Crippen molar-refractivity contribution in [2.24, 2.45) is 0 Å². The molecule has 0 aliphatic carbocycles. The number of fused-ring (bicyclic) bond motifs is 1. The third kappa shape index (κ3) is 4.33. The summed E-state index contributed by atoms with van der Waals surface area (Å²) in [5, 5.41) is 6.58. The highest BCUT2D eigenvalue weighted by molar-refractivity contribution is 6.13. The Kier molecular flexibility index (Phi) is 5.54. The quantitative estimate of drug-likeness (QED) is 0.471. The Morgan fingerprint density at radius 2 is 1.74 bits per heavy atom. The zero-order chi connectivity index (χ0) is 22.0. The molecule has 2 aromatic carbocycles. The lowest BCUT2D eigenvalue weighted by Gasteiger charge is -2.13. The monoisotopic (exact) mass is 413 g/mol. The predicted octanol–water partition coefficient (Wildman–Crippen LogP) is 5.19. The molecule has 0 saturated heterocycles. The van der Waals surface area contributed by atoms with Crippen LogP contribution >= 0.6 is 0 Å². The smallest absolute Gasteiger partial charge is 0.256 e. The SMILES string of the molecule is Cc1cc(NC(=O)c2cc(-c3ccco3)nc3ccccc23)ccc1C(=O)NC(C)C. The van der Waals surface area contributed by atoms with Gasteiger partial charge in [-0.15, -0.1) is 0 Å². The van der Waals surface area contributed by atoms with Crippen molar-refractivity contribution in [2.75, 3.05) is 5.32 Å². The number of para-hydroxylation sites is 1. The molecule has 0 saturated carbocycles. The molecule has 0 aliphatic heterocycles. The molecular weight excluding hydrogens is 390 g/mol. The Bertz CT molecular complexity index is 1260. The van der Waals surface area contributed by atoms with Crippen molar-refractivity contribution >= 4 is 28.4 Å². The summed E-state index contributed by atoms with van der Waals surface area (Å²) in [6, 6.07) is 18.1. The van der Waals surface area contributed by atoms with E-state index in [1.54, 1.807) is 36.6 Å². The molecule has 6 nitrogen and oxygen atoms in total. The molecule has 6 heteroatoms. The van der Waals surface area contributed by atoms with Crippen molar-refractivity contribution in [3.8, 4) is 11.5 Å². The number of rotatable bonds is 5. The first-order valence-electron chi connectivity index (χ1n) is 10.1. The summed E-state index contributed by atoms with van der Waals surface area (Å²) in [5.41, 5.74) is 3.78. The minimum atomic E-state index is -0.259. The van der Waals surface area contributed by atoms with E-state index in [0.29, 0.717) is 33.8 Å². The van der Waals surface area contributed by atoms with Crippen LogP contribution in [0.2, 0.25) is 0 Å². The molecule has 0 aliphatic rings. The third-order valence-electron chi connectivity index (χ3n) is 4.88. The summed E-state index contributed by atoms with van der Waals surface area (Å²) in [4.78, 5) is 30.1. The van der Waals surface area contributed by atoms with Gasteiger partial charge >= 0.3 is 0 Å². The molecule has 2 N–H and O–H groups in total. The van der Waals surface area contributed by atoms with Gasteiger partial charge in [0.2, 0.25) is 0 Å². The van der Waals surface area contributed by atoms with Crippen molar-refractivity contribution in [2.45, 2.75) is 26.8 Å². The van der Waals surface area contributed by atoms with Gasteiger partial charge < -0.3 is 15.1 Å². The highest BCUT2D eigenvalue weighted by Crippen LogP contribution is 2.26. The Balaban J connectivity index is 1.66. The molecule has 0 unspecified atom stereocenters. The summed E-state index contributed by atoms with van der Waals surface area (Å²) >= 11 is 0. The Hall–Kier alpha value is -3.93. The Labute approximate surface area is 180 Å². The van der Waals surface area contributed by atoms with Gasteiger partial charge in [-0.3, -0.25) is 9.59 Å². The molecule has 31 heavy (non-hydrogen) atoms. The zero-order valence-electron chi connectivity index (χ0n) is 17.6. The average Bonchev–Trinajstić information content (AvgIpc) is 3.27. The summed E-state index contributed by atoms with van der Waals surface area (Å²) in [6.45, 7) is 5.68. The molecule has 0 spiro atoms. The van der Waals surface area contributed by atoms with E-state index >= 15 is 0 Å². The van der Waals surface area contributed by atoms with Crippen molar-refractivity contribution < 1.29 is 14.0 Å². The lowest BCUT2D eigenvalue weighted by Crippen LogP contribution is -2.30. The van der Waals surface area contributed by atoms with Gasteiger partial charge in [0.1, 0.15) is 5.69 Å². The van der Waals surface area contributed by atoms with Gasteiger partial charge in [-0.25, -0.2) is 4.98 Å². The number of nitrogens with one attached hydrogen (secondary N) is 2. The predicted molar refractivity (Wildman–Crippen MR) is 121 cm³/mol. The summed E-state index contributed by atoms with van der Waals surface area (Å²) in [5.74, 6) is 0.204. The maximum absolute atomic E-state index is 13.2. The summed E-state index contributed by atoms with van der Waals surface area (Å²) < 4.78 is 5.47. The molecule has 2 aromatic heterocycles. The van der Waals surface area contributed by atoms with Crippen LogP contribution in [0.1, 0.15) is 40.1 Å². The second-order valence-electron chi connectivity index (χ2n) is 7.66. The normalized spacial score (nSPS) is 11.0. The molecule has 0 radical (unpaired) electrons. The second kappa shape index (κ2) is 8.44. The molecule has 4 aromatic rings. The summed E-state index contributed by atoms with van der Waals surface area (Å²) in [6.07, 6.45) is 1.58. The van der Waals surface area contributed by atoms with Gasteiger partial charge in [0.15, 0.2) is 5.76 Å². The van der Waals surface area contributed by atoms with E-state index in [0.717, 1.165) is 10.9 Å². The van der Waals surface area contributed by atoms with Crippen LogP contribution in [0, 0.1) is 6.92 Å². The minimum Gasteiger partial charge on any atom is -0.463 e. The number of pyridine rings is 1. The molecule has 0 fully saturated rings. The van der Waals surface area contributed by atoms with Crippen LogP contribution in [0.25, 0.3) is 22.4 Å². The number of benzene rings is 2. The zero-order valence-corrected chi connectivity index (χ0v) is 17.6. The molecule has 2 amide bonds. The number of aromatic nitrogens is 1. The number of amides is 2. The fourth-order valence-corrected chi connectivity index (χ4v) is 3.45. The lowest BCUT2D eigenvalue weighted by molar-refractivity contribution is 0.0942. The van der Waals surface area contributed by atoms with Crippen LogP contribution in [0.5, 0.6) is 0 Å². The number of aryl methyl sites for hydroxylation is 1. The van der Waals surface area contributed by atoms with Crippen LogP contribution in [0.3, 0.4) is 0 Å². The van der Waals surface area contributed by atoms with E-state index in [4.69, 9.17) is 4.42 Å². The topological polar surface area (TPSA) is 84.2 Å². The van der Waals surface area contributed by atoms with Gasteiger partial charge in [0.25, 0.3) is 11.8 Å². The molecule has 2 heterocycles. The highest BCUT2D eigenvalue weighted by Gasteiger charge is 2.16. The number of hydrogen-bond donors (Lipinski definition) is 2. The fraction of sp³-hybridized carbons (Fsp3) is 0.160. The highest BCUT2D eigenvalue weighted by atomic mass is 16.3. The van der Waals surface area contributed by atoms with Crippen molar-refractivity contribution in [3.05, 3.63) is 83.6 Å². The van der Waals surface area contributed by atoms with Gasteiger partial charge in [-0.05, 0) is 68.8 Å². The van der Waals surface area contributed by atoms with Gasteiger partial charge in [0.05, 0.1) is 17.3 Å². The molecule has 0 bridgehead atoms. The van der Waals surface area contributed by atoms with Crippen molar-refractivity contribution in [3.63, 3.8) is 0 Å². The number of anilines is 1. The number of carbonyl (C=O) groups is 2. The van der Waals surface area contributed by atoms with E-state index in [-0.39, 0.29) is 17.9 Å². The average molecular weight is 413 g/mol. The summed E-state index contributed by atoms with van der Waals surface area (Å²) in [7, 11) is 0. The van der Waals surface area contributed by atoms with Gasteiger partial charge in [-0.1, -0.05) is 18.2 Å². The molecular formula is C25H23N3O3. The van der Waals surface area contributed by atoms with E-state index in [1.165, 1.54) is 0 Å². The maximum Gasteiger partial charge on any atom is 0.256 e. The van der Waals surface area contributed by atoms with E-state index < -0.39 is 0 Å². The standard InChI is InChI=1S/C25H23N3O3/c1-15(2)26-24(29)18-11-10-17(13-16(18)3)27-25(30)20-14-22(23-9-6-12-31-23)28-21-8-5-4-7-19(20)21/h4-15H,1-3H3,(H,26,29)(H,27,30). The van der Waals surface area contributed by atoms with Crippen LogP contribution in [0.15, 0.2) is 71.3 Å². The number of furan rings is 1. The van der Waals surface area contributed by atoms with Crippen LogP contribution < -0.4 is 10.6 Å². The molecule has 0 atom stereocenters. The van der Waals surface area contributed by atoms with Crippen molar-refractivity contribution in [1.29, 1.82) is 0 Å². The van der Waals surface area contributed by atoms with E-state index in [1.807, 2.05) is 51.1 Å². The van der Waals surface area contributed by atoms with Crippen LogP contribution in [-0.2, 0) is 0 Å². The number of carbonyl (C=O) groups excluding carboxylic acids is 2. The van der Waals surface area contributed by atoms with E-state index in [2.05, 4.69) is 15.6 Å². The minimum absolute atomic E-state index is 0.0506. The first-order chi connectivity index (χ1) is 14.9. The lowest BCUT2D eigenvalue weighted by atomic mass is 10.0. The maximum atomic E-state index is 13.2. The van der Waals surface area contributed by atoms with Gasteiger partial charge in [-0.2, -0.15) is 0 Å². The van der Waals surface area contributed by atoms with E-state index in [9.17, 15) is 9.59 Å². The third-order valence-corrected chi connectivity index (χ3v) is 4.88. The van der Waals surface area contributed by atoms with Crippen LogP contribution in [0.4, 0.5) is 5.69 Å². The van der Waals surface area contributed by atoms with Crippen molar-refractivity contribution in [1.82, 2.24) is 10.3 Å². The second-order valence-corrected chi connectivity index (χ2v) is 7.66. The molecule has 4 rings (SSSR count). The first kappa shape index (κ1) is 20.3. The first-order valence-corrected chi connectivity index (χ1v) is 10.1. The number of nitrogens with zero attached hydrogens (tertiary/aromatic N) is 1. The van der Waals surface area contributed by atoms with Gasteiger partial charge in [0, 0.05) is 22.7 Å². The molecule has 156 valence electrons. The fourth-order valence-electron chi connectivity index (χ4n) is 3.45. The number of hydrogen-bond acceptors (Lipinski definition) is 4. The van der Waals surface area contributed by atoms with Crippen LogP contribution in [-0.4, -0.2) is 22.8 Å².